The summed E-state index contributed by atoms with van der Waals surface area (Å²) in [6.45, 7) is 0. The molecule has 1 aromatic rings. The zero-order valence-electron chi connectivity index (χ0n) is 6.68. The van der Waals surface area contributed by atoms with Gasteiger partial charge >= 0.3 is 0 Å². The maximum absolute atomic E-state index is 12.8. The van der Waals surface area contributed by atoms with Gasteiger partial charge in [-0.2, -0.15) is 0 Å². The smallest absolute Gasteiger partial charge is 0.123 e. The monoisotopic (exact) mass is 166 g/mol. The van der Waals surface area contributed by atoms with Crippen molar-refractivity contribution in [1.82, 2.24) is 0 Å². The van der Waals surface area contributed by atoms with Crippen LogP contribution in [0.2, 0.25) is 0 Å². The Labute approximate surface area is 70.4 Å². The summed E-state index contributed by atoms with van der Waals surface area (Å²) < 4.78 is 12.8. The molecule has 2 rings (SSSR count). The van der Waals surface area contributed by atoms with Gasteiger partial charge in [0.05, 0.1) is 0 Å². The molecule has 0 unspecified atom stereocenters. The molecule has 0 aliphatic heterocycles. The molecule has 1 aliphatic rings. The molecule has 0 heterocycles. The highest BCUT2D eigenvalue weighted by Crippen LogP contribution is 2.44. The molecule has 1 aromatic carbocycles. The average molecular weight is 166 g/mol. The van der Waals surface area contributed by atoms with Crippen molar-refractivity contribution in [2.24, 2.45) is 5.73 Å². The van der Waals surface area contributed by atoms with Crippen LogP contribution in [0.4, 0.5) is 10.1 Å². The number of rotatable bonds is 1. The topological polar surface area (TPSA) is 52.0 Å². The molecule has 3 heteroatoms. The summed E-state index contributed by atoms with van der Waals surface area (Å²) in [5.41, 5.74) is 12.6. The average Bonchev–Trinajstić information content (AvgIpc) is 2.75. The first-order valence-corrected chi connectivity index (χ1v) is 3.96. The summed E-state index contributed by atoms with van der Waals surface area (Å²) in [5.74, 6) is -0.268. The molecule has 0 aromatic heterocycles. The summed E-state index contributed by atoms with van der Waals surface area (Å²) in [7, 11) is 0. The number of nitrogens with two attached hydrogens (primary N) is 2. The summed E-state index contributed by atoms with van der Waals surface area (Å²) in [6.07, 6.45) is 1.81. The van der Waals surface area contributed by atoms with E-state index in [4.69, 9.17) is 11.5 Å². The lowest BCUT2D eigenvalue weighted by Crippen LogP contribution is -2.20. The van der Waals surface area contributed by atoms with Crippen molar-refractivity contribution in [3.05, 3.63) is 29.6 Å². The molecule has 0 bridgehead atoms. The Kier molecular flexibility index (Phi) is 1.38. The predicted molar refractivity (Wildman–Crippen MR) is 45.9 cm³/mol. The van der Waals surface area contributed by atoms with Crippen molar-refractivity contribution < 1.29 is 4.39 Å². The van der Waals surface area contributed by atoms with E-state index in [9.17, 15) is 4.39 Å². The molecule has 0 radical (unpaired) electrons. The number of benzene rings is 1. The van der Waals surface area contributed by atoms with Gasteiger partial charge in [0.15, 0.2) is 0 Å². The molecule has 4 N–H and O–H groups in total. The number of nitrogen functional groups attached to an aromatic ring is 1. The highest BCUT2D eigenvalue weighted by molar-refractivity contribution is 5.52. The molecule has 0 amide bonds. The Morgan fingerprint density at radius 1 is 1.33 bits per heavy atom. The number of halogens is 1. The quantitative estimate of drug-likeness (QED) is 0.619. The fourth-order valence-corrected chi connectivity index (χ4v) is 1.36. The Hall–Kier alpha value is -1.09. The Morgan fingerprint density at radius 3 is 2.58 bits per heavy atom. The lowest BCUT2D eigenvalue weighted by Gasteiger charge is -2.11. The van der Waals surface area contributed by atoms with E-state index in [-0.39, 0.29) is 11.4 Å². The van der Waals surface area contributed by atoms with E-state index >= 15 is 0 Å². The Bertz CT molecular complexity index is 318. The van der Waals surface area contributed by atoms with Crippen molar-refractivity contribution >= 4 is 5.69 Å². The van der Waals surface area contributed by atoms with Crippen LogP contribution in [-0.4, -0.2) is 0 Å². The van der Waals surface area contributed by atoms with Crippen LogP contribution in [0.25, 0.3) is 0 Å². The lowest BCUT2D eigenvalue weighted by molar-refractivity contribution is 0.619. The number of anilines is 1. The third kappa shape index (κ3) is 1.06. The van der Waals surface area contributed by atoms with E-state index in [1.54, 1.807) is 6.07 Å². The van der Waals surface area contributed by atoms with E-state index < -0.39 is 0 Å². The standard InChI is InChI=1S/C9H11FN2/c10-6-1-2-8(11)7(5-6)9(12)3-4-9/h1-2,5H,3-4,11-12H2. The van der Waals surface area contributed by atoms with Gasteiger partial charge in [0.25, 0.3) is 0 Å². The van der Waals surface area contributed by atoms with Gasteiger partial charge < -0.3 is 11.5 Å². The minimum Gasteiger partial charge on any atom is -0.398 e. The van der Waals surface area contributed by atoms with Gasteiger partial charge in [0, 0.05) is 11.2 Å². The molecule has 2 nitrogen and oxygen atoms in total. The Balaban J connectivity index is 2.48. The third-order valence-corrected chi connectivity index (χ3v) is 2.34. The maximum atomic E-state index is 12.8. The first-order valence-electron chi connectivity index (χ1n) is 3.96. The summed E-state index contributed by atoms with van der Waals surface area (Å²) >= 11 is 0. The van der Waals surface area contributed by atoms with Crippen LogP contribution in [0.5, 0.6) is 0 Å². The van der Waals surface area contributed by atoms with Crippen LogP contribution >= 0.6 is 0 Å². The van der Waals surface area contributed by atoms with Crippen LogP contribution in [0.15, 0.2) is 18.2 Å². The molecule has 1 saturated carbocycles. The molecular weight excluding hydrogens is 155 g/mol. The zero-order valence-corrected chi connectivity index (χ0v) is 6.68. The van der Waals surface area contributed by atoms with E-state index in [2.05, 4.69) is 0 Å². The SMILES string of the molecule is Nc1ccc(F)cc1C1(N)CC1. The predicted octanol–water partition coefficient (Wildman–Crippen LogP) is 1.36. The largest absolute Gasteiger partial charge is 0.398 e. The maximum Gasteiger partial charge on any atom is 0.123 e. The highest BCUT2D eigenvalue weighted by atomic mass is 19.1. The van der Waals surface area contributed by atoms with Gasteiger partial charge in [0.2, 0.25) is 0 Å². The Morgan fingerprint density at radius 2 is 2.00 bits per heavy atom. The van der Waals surface area contributed by atoms with Crippen molar-refractivity contribution in [2.75, 3.05) is 5.73 Å². The van der Waals surface area contributed by atoms with E-state index in [1.807, 2.05) is 0 Å². The molecule has 1 fully saturated rings. The zero-order chi connectivity index (χ0) is 8.77. The van der Waals surface area contributed by atoms with Crippen molar-refractivity contribution in [3.63, 3.8) is 0 Å². The van der Waals surface area contributed by atoms with Gasteiger partial charge in [-0.05, 0) is 36.6 Å². The van der Waals surface area contributed by atoms with Crippen LogP contribution in [0.3, 0.4) is 0 Å². The van der Waals surface area contributed by atoms with Crippen LogP contribution in [-0.2, 0) is 5.54 Å². The van der Waals surface area contributed by atoms with E-state index in [0.717, 1.165) is 18.4 Å². The van der Waals surface area contributed by atoms with Gasteiger partial charge in [-0.15, -0.1) is 0 Å². The van der Waals surface area contributed by atoms with Crippen LogP contribution in [0, 0.1) is 5.82 Å². The molecular formula is C9H11FN2. The minimum absolute atomic E-state index is 0.268. The van der Waals surface area contributed by atoms with Crippen molar-refractivity contribution in [3.8, 4) is 0 Å². The highest BCUT2D eigenvalue weighted by Gasteiger charge is 2.41. The first kappa shape index (κ1) is 7.55. The molecule has 0 saturated heterocycles. The minimum atomic E-state index is -0.341. The summed E-state index contributed by atoms with van der Waals surface area (Å²) in [6, 6.07) is 4.35. The van der Waals surface area contributed by atoms with Gasteiger partial charge in [0.1, 0.15) is 5.82 Å². The number of hydrogen-bond acceptors (Lipinski definition) is 2. The second-order valence-electron chi connectivity index (χ2n) is 3.39. The molecule has 12 heavy (non-hydrogen) atoms. The van der Waals surface area contributed by atoms with Crippen molar-refractivity contribution in [1.29, 1.82) is 0 Å². The summed E-state index contributed by atoms with van der Waals surface area (Å²) in [5, 5.41) is 0. The van der Waals surface area contributed by atoms with Gasteiger partial charge in [-0.25, -0.2) is 4.39 Å². The fourth-order valence-electron chi connectivity index (χ4n) is 1.36. The van der Waals surface area contributed by atoms with Crippen LogP contribution in [0.1, 0.15) is 18.4 Å². The molecule has 0 atom stereocenters. The molecule has 64 valence electrons. The molecule has 1 aliphatic carbocycles. The normalized spacial score (nSPS) is 19.2. The summed E-state index contributed by atoms with van der Waals surface area (Å²) in [4.78, 5) is 0. The second kappa shape index (κ2) is 2.20. The lowest BCUT2D eigenvalue weighted by atomic mass is 10.0. The fraction of sp³-hybridized carbons (Fsp3) is 0.333. The molecule has 0 spiro atoms. The third-order valence-electron chi connectivity index (χ3n) is 2.34. The van der Waals surface area contributed by atoms with Gasteiger partial charge in [-0.1, -0.05) is 0 Å². The van der Waals surface area contributed by atoms with E-state index in [0.29, 0.717) is 5.69 Å². The second-order valence-corrected chi connectivity index (χ2v) is 3.39. The number of hydrogen-bond donors (Lipinski definition) is 2. The van der Waals surface area contributed by atoms with E-state index in [1.165, 1.54) is 12.1 Å². The van der Waals surface area contributed by atoms with Crippen LogP contribution < -0.4 is 11.5 Å². The van der Waals surface area contributed by atoms with Gasteiger partial charge in [-0.3, -0.25) is 0 Å². The first-order chi connectivity index (χ1) is 5.62. The van der Waals surface area contributed by atoms with Crippen molar-refractivity contribution in [2.45, 2.75) is 18.4 Å².